The molecular weight excluding hydrogens is 166 g/mol. The fraction of sp³-hybridized carbons (Fsp3) is 0.857. The van der Waals surface area contributed by atoms with E-state index in [-0.39, 0.29) is 12.0 Å². The number of carbonyl (C=O) groups is 1. The van der Waals surface area contributed by atoms with E-state index in [1.807, 2.05) is 0 Å². The van der Waals surface area contributed by atoms with Gasteiger partial charge in [-0.3, -0.25) is 4.79 Å². The van der Waals surface area contributed by atoms with Crippen molar-refractivity contribution in [3.8, 4) is 0 Å². The van der Waals surface area contributed by atoms with Gasteiger partial charge in [-0.2, -0.15) is 0 Å². The molecule has 0 unspecified atom stereocenters. The number of carbonyl (C=O) groups excluding carboxylic acids is 1. The molecule has 1 heterocycles. The van der Waals surface area contributed by atoms with Crippen LogP contribution in [0.4, 0.5) is 0 Å². The lowest BCUT2D eigenvalue weighted by molar-refractivity contribution is -0.130. The van der Waals surface area contributed by atoms with Crippen LogP contribution in [-0.4, -0.2) is 41.0 Å². The number of β-amino-alcohol motifs (C(OH)–C–C–N with tert-alkyl or cyclic N) is 1. The van der Waals surface area contributed by atoms with Crippen molar-refractivity contribution in [1.29, 1.82) is 0 Å². The van der Waals surface area contributed by atoms with Crippen LogP contribution in [0.2, 0.25) is 0 Å². The van der Waals surface area contributed by atoms with Crippen LogP contribution in [-0.2, 0) is 4.79 Å². The number of rotatable bonds is 2. The van der Waals surface area contributed by atoms with Gasteiger partial charge in [-0.15, -0.1) is 11.6 Å². The van der Waals surface area contributed by atoms with E-state index in [2.05, 4.69) is 0 Å². The summed E-state index contributed by atoms with van der Waals surface area (Å²) >= 11 is 5.40. The van der Waals surface area contributed by atoms with Crippen LogP contribution in [0, 0.1) is 0 Å². The van der Waals surface area contributed by atoms with Gasteiger partial charge in [0.05, 0.1) is 6.10 Å². The Balaban J connectivity index is 2.31. The molecule has 0 aromatic carbocycles. The Kier molecular flexibility index (Phi) is 3.15. The van der Waals surface area contributed by atoms with Crippen molar-refractivity contribution in [3.63, 3.8) is 0 Å². The molecular formula is C7H12ClNO2. The fourth-order valence-corrected chi connectivity index (χ4v) is 1.37. The monoisotopic (exact) mass is 177 g/mol. The molecule has 0 aliphatic carbocycles. The quantitative estimate of drug-likeness (QED) is 0.613. The Morgan fingerprint density at radius 1 is 1.73 bits per heavy atom. The predicted octanol–water partition coefficient (Wildman–Crippen LogP) is 0.208. The van der Waals surface area contributed by atoms with Gasteiger partial charge in [0.2, 0.25) is 5.91 Å². The second-order valence-corrected chi connectivity index (χ2v) is 3.10. The summed E-state index contributed by atoms with van der Waals surface area (Å²) in [6.07, 6.45) is 0.761. The number of aliphatic hydroxyl groups excluding tert-OH is 1. The van der Waals surface area contributed by atoms with Crippen molar-refractivity contribution in [2.24, 2.45) is 0 Å². The lowest BCUT2D eigenvalue weighted by atomic mass is 10.3. The summed E-state index contributed by atoms with van der Waals surface area (Å²) in [7, 11) is 0. The molecule has 0 radical (unpaired) electrons. The molecule has 11 heavy (non-hydrogen) atoms. The number of alkyl halides is 1. The minimum Gasteiger partial charge on any atom is -0.391 e. The van der Waals surface area contributed by atoms with Crippen LogP contribution in [0.25, 0.3) is 0 Å². The third-order valence-corrected chi connectivity index (χ3v) is 2.01. The van der Waals surface area contributed by atoms with Crippen molar-refractivity contribution >= 4 is 17.5 Å². The van der Waals surface area contributed by atoms with Gasteiger partial charge in [-0.05, 0) is 6.42 Å². The smallest absolute Gasteiger partial charge is 0.223 e. The van der Waals surface area contributed by atoms with Gasteiger partial charge in [0.1, 0.15) is 0 Å². The minimum atomic E-state index is -0.325. The molecule has 0 bridgehead atoms. The van der Waals surface area contributed by atoms with E-state index in [0.717, 1.165) is 0 Å². The Morgan fingerprint density at radius 2 is 2.45 bits per heavy atom. The first-order valence-corrected chi connectivity index (χ1v) is 4.29. The average molecular weight is 178 g/mol. The van der Waals surface area contributed by atoms with Crippen LogP contribution in [0.3, 0.4) is 0 Å². The molecule has 1 fully saturated rings. The van der Waals surface area contributed by atoms with Crippen molar-refractivity contribution in [2.75, 3.05) is 19.0 Å². The van der Waals surface area contributed by atoms with E-state index in [4.69, 9.17) is 16.7 Å². The Bertz CT molecular complexity index is 151. The second-order valence-electron chi connectivity index (χ2n) is 2.72. The van der Waals surface area contributed by atoms with Crippen LogP contribution in [0.5, 0.6) is 0 Å². The van der Waals surface area contributed by atoms with Gasteiger partial charge in [0, 0.05) is 25.4 Å². The summed E-state index contributed by atoms with van der Waals surface area (Å²) in [4.78, 5) is 12.8. The standard InChI is InChI=1S/C7H12ClNO2/c8-3-1-7(11)9-4-2-6(10)5-9/h6,10H,1-5H2/t6-/m0/s1. The highest BCUT2D eigenvalue weighted by molar-refractivity contribution is 6.18. The molecule has 0 spiro atoms. The van der Waals surface area contributed by atoms with Crippen LogP contribution >= 0.6 is 11.6 Å². The zero-order valence-corrected chi connectivity index (χ0v) is 7.05. The highest BCUT2D eigenvalue weighted by Gasteiger charge is 2.23. The van der Waals surface area contributed by atoms with Crippen molar-refractivity contribution < 1.29 is 9.90 Å². The van der Waals surface area contributed by atoms with Gasteiger partial charge >= 0.3 is 0 Å². The summed E-state index contributed by atoms with van der Waals surface area (Å²) in [5.74, 6) is 0.419. The maximum atomic E-state index is 11.1. The molecule has 0 aromatic rings. The Hall–Kier alpha value is -0.280. The number of hydrogen-bond donors (Lipinski definition) is 1. The van der Waals surface area contributed by atoms with Crippen molar-refractivity contribution in [3.05, 3.63) is 0 Å². The van der Waals surface area contributed by atoms with Crippen LogP contribution in [0.1, 0.15) is 12.8 Å². The largest absolute Gasteiger partial charge is 0.391 e. The summed E-state index contributed by atoms with van der Waals surface area (Å²) in [5.41, 5.74) is 0. The Labute approximate surface area is 70.9 Å². The van der Waals surface area contributed by atoms with E-state index in [0.29, 0.717) is 31.8 Å². The molecule has 1 saturated heterocycles. The molecule has 1 N–H and O–H groups in total. The second kappa shape index (κ2) is 3.93. The number of amides is 1. The summed E-state index contributed by atoms with van der Waals surface area (Å²) in [6, 6.07) is 0. The van der Waals surface area contributed by atoms with Gasteiger partial charge in [-0.1, -0.05) is 0 Å². The summed E-state index contributed by atoms with van der Waals surface area (Å²) in [5, 5.41) is 9.09. The van der Waals surface area contributed by atoms with E-state index in [1.54, 1.807) is 4.90 Å². The zero-order chi connectivity index (χ0) is 8.27. The predicted molar refractivity (Wildman–Crippen MR) is 42.5 cm³/mol. The lowest BCUT2D eigenvalue weighted by Gasteiger charge is -2.13. The summed E-state index contributed by atoms with van der Waals surface area (Å²) < 4.78 is 0. The number of likely N-dealkylation sites (tertiary alicyclic amines) is 1. The molecule has 1 amide bonds. The van der Waals surface area contributed by atoms with Crippen molar-refractivity contribution in [1.82, 2.24) is 4.90 Å². The number of aliphatic hydroxyl groups is 1. The molecule has 1 aliphatic rings. The molecule has 1 atom stereocenters. The molecule has 4 heteroatoms. The normalized spacial score (nSPS) is 24.2. The van der Waals surface area contributed by atoms with Crippen molar-refractivity contribution in [2.45, 2.75) is 18.9 Å². The van der Waals surface area contributed by atoms with Gasteiger partial charge in [-0.25, -0.2) is 0 Å². The Morgan fingerprint density at radius 3 is 2.91 bits per heavy atom. The maximum Gasteiger partial charge on any atom is 0.223 e. The molecule has 1 aliphatic heterocycles. The van der Waals surface area contributed by atoms with E-state index < -0.39 is 0 Å². The minimum absolute atomic E-state index is 0.0524. The average Bonchev–Trinajstić information content (AvgIpc) is 2.36. The van der Waals surface area contributed by atoms with E-state index in [1.165, 1.54) is 0 Å². The topological polar surface area (TPSA) is 40.5 Å². The highest BCUT2D eigenvalue weighted by Crippen LogP contribution is 2.09. The first-order valence-electron chi connectivity index (χ1n) is 3.76. The van der Waals surface area contributed by atoms with Crippen LogP contribution < -0.4 is 0 Å². The third-order valence-electron chi connectivity index (χ3n) is 1.82. The SMILES string of the molecule is O=C(CCCl)N1CC[C@H](O)C1. The van der Waals surface area contributed by atoms with Gasteiger partial charge < -0.3 is 10.0 Å². The number of nitrogens with zero attached hydrogens (tertiary/aromatic N) is 1. The lowest BCUT2D eigenvalue weighted by Crippen LogP contribution is -2.29. The third kappa shape index (κ3) is 2.34. The van der Waals surface area contributed by atoms with Gasteiger partial charge in [0.25, 0.3) is 0 Å². The molecule has 64 valence electrons. The first-order chi connectivity index (χ1) is 5.24. The molecule has 0 aromatic heterocycles. The number of halogens is 1. The summed E-state index contributed by atoms with van der Waals surface area (Å²) in [6.45, 7) is 1.16. The fourth-order valence-electron chi connectivity index (χ4n) is 1.21. The maximum absolute atomic E-state index is 11.1. The van der Waals surface area contributed by atoms with Gasteiger partial charge in [0.15, 0.2) is 0 Å². The molecule has 0 saturated carbocycles. The zero-order valence-electron chi connectivity index (χ0n) is 6.29. The highest BCUT2D eigenvalue weighted by atomic mass is 35.5. The number of hydrogen-bond acceptors (Lipinski definition) is 2. The first kappa shape index (κ1) is 8.81. The van der Waals surface area contributed by atoms with Crippen LogP contribution in [0.15, 0.2) is 0 Å². The molecule has 1 rings (SSSR count). The van der Waals surface area contributed by atoms with E-state index >= 15 is 0 Å². The molecule has 3 nitrogen and oxygen atoms in total. The van der Waals surface area contributed by atoms with E-state index in [9.17, 15) is 4.79 Å².